The summed E-state index contributed by atoms with van der Waals surface area (Å²) in [6, 6.07) is 1.71. The number of amides is 1. The molecule has 2 aromatic rings. The largest absolute Gasteiger partial charge is 0.340 e. The second kappa shape index (κ2) is 6.17. The fourth-order valence-electron chi connectivity index (χ4n) is 2.92. The zero-order valence-corrected chi connectivity index (χ0v) is 12.8. The monoisotopic (exact) mass is 301 g/mol. The van der Waals surface area contributed by atoms with E-state index in [2.05, 4.69) is 39.2 Å². The molecule has 0 N–H and O–H groups in total. The van der Waals surface area contributed by atoms with Crippen molar-refractivity contribution in [3.05, 3.63) is 18.6 Å². The molecule has 2 atom stereocenters. The lowest BCUT2D eigenvalue weighted by molar-refractivity contribution is -0.135. The summed E-state index contributed by atoms with van der Waals surface area (Å²) in [5.74, 6) is 1.50. The smallest absolute Gasteiger partial charge is 0.246 e. The average molecular weight is 301 g/mol. The van der Waals surface area contributed by atoms with Crippen LogP contribution < -0.4 is 0 Å². The van der Waals surface area contributed by atoms with E-state index in [1.54, 1.807) is 12.3 Å². The molecule has 1 saturated heterocycles. The molecule has 116 valence electrons. The quantitative estimate of drug-likeness (QED) is 0.826. The highest BCUT2D eigenvalue weighted by Gasteiger charge is 2.25. The molecule has 2 unspecified atom stereocenters. The molecule has 3 heterocycles. The SMILES string of the molecule is CC1CC(C)CN(C(=O)Cn2nnc(-c3ccncn3)n2)C1. The summed E-state index contributed by atoms with van der Waals surface area (Å²) in [7, 11) is 0. The van der Waals surface area contributed by atoms with E-state index < -0.39 is 0 Å². The number of piperidine rings is 1. The predicted octanol–water partition coefficient (Wildman–Crippen LogP) is 0.635. The topological polar surface area (TPSA) is 89.7 Å². The van der Waals surface area contributed by atoms with Crippen molar-refractivity contribution in [1.29, 1.82) is 0 Å². The van der Waals surface area contributed by atoms with Crippen molar-refractivity contribution in [1.82, 2.24) is 35.1 Å². The number of likely N-dealkylation sites (tertiary alicyclic amines) is 1. The molecule has 0 aromatic carbocycles. The maximum atomic E-state index is 12.4. The summed E-state index contributed by atoms with van der Waals surface area (Å²) in [5, 5.41) is 12.1. The van der Waals surface area contributed by atoms with E-state index in [4.69, 9.17) is 0 Å². The first-order valence-corrected chi connectivity index (χ1v) is 7.44. The van der Waals surface area contributed by atoms with Gasteiger partial charge >= 0.3 is 0 Å². The molecule has 2 aromatic heterocycles. The van der Waals surface area contributed by atoms with Crippen molar-refractivity contribution in [2.24, 2.45) is 11.8 Å². The van der Waals surface area contributed by atoms with Crippen molar-refractivity contribution in [2.45, 2.75) is 26.8 Å². The molecule has 22 heavy (non-hydrogen) atoms. The highest BCUT2D eigenvalue weighted by Crippen LogP contribution is 2.21. The van der Waals surface area contributed by atoms with Crippen LogP contribution in [-0.4, -0.2) is 54.1 Å². The molecule has 0 radical (unpaired) electrons. The zero-order chi connectivity index (χ0) is 15.5. The summed E-state index contributed by atoms with van der Waals surface area (Å²) in [6.45, 7) is 6.07. The lowest BCUT2D eigenvalue weighted by Gasteiger charge is -2.34. The Hall–Kier alpha value is -2.38. The summed E-state index contributed by atoms with van der Waals surface area (Å²) < 4.78 is 0. The van der Waals surface area contributed by atoms with E-state index in [1.807, 2.05) is 4.90 Å². The highest BCUT2D eigenvalue weighted by atomic mass is 16.2. The van der Waals surface area contributed by atoms with Crippen molar-refractivity contribution < 1.29 is 4.79 Å². The third-order valence-electron chi connectivity index (χ3n) is 3.76. The van der Waals surface area contributed by atoms with Gasteiger partial charge in [0.25, 0.3) is 0 Å². The minimum absolute atomic E-state index is 0.0324. The Kier molecular flexibility index (Phi) is 4.08. The Morgan fingerprint density at radius 1 is 1.32 bits per heavy atom. The van der Waals surface area contributed by atoms with Crippen molar-refractivity contribution >= 4 is 5.91 Å². The van der Waals surface area contributed by atoms with Gasteiger partial charge in [-0.2, -0.15) is 4.80 Å². The molecule has 1 fully saturated rings. The Balaban J connectivity index is 1.66. The van der Waals surface area contributed by atoms with E-state index in [0.717, 1.165) is 13.1 Å². The third-order valence-corrected chi connectivity index (χ3v) is 3.76. The Morgan fingerprint density at radius 3 is 2.77 bits per heavy atom. The molecular formula is C14H19N7O. The van der Waals surface area contributed by atoms with Gasteiger partial charge in [0, 0.05) is 19.3 Å². The predicted molar refractivity (Wildman–Crippen MR) is 78.4 cm³/mol. The van der Waals surface area contributed by atoms with E-state index in [0.29, 0.717) is 23.4 Å². The van der Waals surface area contributed by atoms with Gasteiger partial charge in [-0.15, -0.1) is 10.2 Å². The van der Waals surface area contributed by atoms with Gasteiger partial charge in [-0.25, -0.2) is 9.97 Å². The summed E-state index contributed by atoms with van der Waals surface area (Å²) in [4.78, 5) is 23.5. The van der Waals surface area contributed by atoms with Gasteiger partial charge in [-0.05, 0) is 29.5 Å². The van der Waals surface area contributed by atoms with Gasteiger partial charge < -0.3 is 4.90 Å². The van der Waals surface area contributed by atoms with Crippen LogP contribution in [0, 0.1) is 11.8 Å². The number of hydrogen-bond acceptors (Lipinski definition) is 6. The molecule has 1 aliphatic rings. The van der Waals surface area contributed by atoms with Crippen LogP contribution in [0.5, 0.6) is 0 Å². The van der Waals surface area contributed by atoms with Crippen LogP contribution in [0.25, 0.3) is 11.5 Å². The number of carbonyl (C=O) groups is 1. The molecule has 3 rings (SSSR count). The third kappa shape index (κ3) is 3.26. The number of nitrogens with zero attached hydrogens (tertiary/aromatic N) is 7. The lowest BCUT2D eigenvalue weighted by Crippen LogP contribution is -2.44. The fraction of sp³-hybridized carbons (Fsp3) is 0.571. The molecule has 8 nitrogen and oxygen atoms in total. The molecule has 1 amide bonds. The van der Waals surface area contributed by atoms with Gasteiger partial charge in [0.05, 0.1) is 0 Å². The number of tetrazole rings is 1. The van der Waals surface area contributed by atoms with Crippen LogP contribution in [-0.2, 0) is 11.3 Å². The molecule has 8 heteroatoms. The van der Waals surface area contributed by atoms with Crippen LogP contribution >= 0.6 is 0 Å². The summed E-state index contributed by atoms with van der Waals surface area (Å²) in [5.41, 5.74) is 0.592. The maximum Gasteiger partial charge on any atom is 0.246 e. The first kappa shape index (κ1) is 14.6. The Morgan fingerprint density at radius 2 is 2.09 bits per heavy atom. The van der Waals surface area contributed by atoms with Gasteiger partial charge in [0.2, 0.25) is 11.7 Å². The summed E-state index contributed by atoms with van der Waals surface area (Å²) in [6.07, 6.45) is 4.21. The van der Waals surface area contributed by atoms with Crippen molar-refractivity contribution in [3.63, 3.8) is 0 Å². The average Bonchev–Trinajstić information content (AvgIpc) is 2.95. The van der Waals surface area contributed by atoms with E-state index >= 15 is 0 Å². The van der Waals surface area contributed by atoms with E-state index in [-0.39, 0.29) is 12.5 Å². The molecular weight excluding hydrogens is 282 g/mol. The molecule has 0 aliphatic carbocycles. The van der Waals surface area contributed by atoms with Gasteiger partial charge in [-0.1, -0.05) is 13.8 Å². The fourth-order valence-corrected chi connectivity index (χ4v) is 2.92. The maximum absolute atomic E-state index is 12.4. The van der Waals surface area contributed by atoms with E-state index in [9.17, 15) is 4.79 Å². The lowest BCUT2D eigenvalue weighted by atomic mass is 9.92. The van der Waals surface area contributed by atoms with E-state index in [1.165, 1.54) is 17.5 Å². The van der Waals surface area contributed by atoms with Gasteiger partial charge in [-0.3, -0.25) is 4.79 Å². The number of rotatable bonds is 3. The summed E-state index contributed by atoms with van der Waals surface area (Å²) >= 11 is 0. The standard InChI is InChI=1S/C14H19N7O/c1-10-5-11(2)7-20(6-10)13(22)8-21-18-14(17-19-21)12-3-4-15-9-16-12/h3-4,9-11H,5-8H2,1-2H3. The highest BCUT2D eigenvalue weighted by molar-refractivity contribution is 5.75. The van der Waals surface area contributed by atoms with Crippen LogP contribution in [0.3, 0.4) is 0 Å². The van der Waals surface area contributed by atoms with Crippen LogP contribution in [0.4, 0.5) is 0 Å². The molecule has 1 aliphatic heterocycles. The number of carbonyl (C=O) groups excluding carboxylic acids is 1. The molecule has 0 saturated carbocycles. The van der Waals surface area contributed by atoms with Gasteiger partial charge in [0.15, 0.2) is 0 Å². The van der Waals surface area contributed by atoms with Crippen LogP contribution in [0.15, 0.2) is 18.6 Å². The Labute approximate surface area is 128 Å². The number of aromatic nitrogens is 6. The molecule has 0 spiro atoms. The number of hydrogen-bond donors (Lipinski definition) is 0. The normalized spacial score (nSPS) is 21.8. The minimum Gasteiger partial charge on any atom is -0.340 e. The van der Waals surface area contributed by atoms with Crippen molar-refractivity contribution in [2.75, 3.05) is 13.1 Å². The van der Waals surface area contributed by atoms with Crippen LogP contribution in [0.2, 0.25) is 0 Å². The van der Waals surface area contributed by atoms with Gasteiger partial charge in [0.1, 0.15) is 18.6 Å². The Bertz CT molecular complexity index is 632. The first-order chi connectivity index (χ1) is 10.6. The van der Waals surface area contributed by atoms with Crippen molar-refractivity contribution in [3.8, 4) is 11.5 Å². The minimum atomic E-state index is 0.0324. The first-order valence-electron chi connectivity index (χ1n) is 7.44. The zero-order valence-electron chi connectivity index (χ0n) is 12.8. The molecule has 0 bridgehead atoms. The van der Waals surface area contributed by atoms with Crippen LogP contribution in [0.1, 0.15) is 20.3 Å². The second-order valence-corrected chi connectivity index (χ2v) is 5.98. The second-order valence-electron chi connectivity index (χ2n) is 5.98.